The van der Waals surface area contributed by atoms with Gasteiger partial charge in [-0.3, -0.25) is 9.69 Å². The molecule has 1 N–H and O–H groups in total. The molecule has 0 aliphatic carbocycles. The number of likely N-dealkylation sites (N-methyl/N-ethyl adjacent to an activating group) is 1. The van der Waals surface area contributed by atoms with Crippen molar-refractivity contribution in [2.24, 2.45) is 4.99 Å². The van der Waals surface area contributed by atoms with Crippen LogP contribution in [0, 0.1) is 0 Å². The molecule has 32 heavy (non-hydrogen) atoms. The average molecular weight is 445 g/mol. The van der Waals surface area contributed by atoms with Gasteiger partial charge in [0.25, 0.3) is 5.91 Å². The standard InChI is InChI=1S/C25H20N2O4S/c1-27-23(28)22(32-25(27)26-20-12-7-11-19(14-20)24(29)30)15-18-10-5-6-13-21(18)31-16-17-8-3-2-4-9-17/h2-15H,16H2,1H3,(H,29,30)/b22-15-,26-25?. The van der Waals surface area contributed by atoms with Gasteiger partial charge in [0.05, 0.1) is 16.2 Å². The molecule has 1 amide bonds. The van der Waals surface area contributed by atoms with E-state index in [0.717, 1.165) is 11.1 Å². The molecule has 0 radical (unpaired) electrons. The quantitative estimate of drug-likeness (QED) is 0.529. The molecular formula is C25H20N2O4S. The second kappa shape index (κ2) is 9.53. The summed E-state index contributed by atoms with van der Waals surface area (Å²) >= 11 is 1.24. The van der Waals surface area contributed by atoms with Crippen LogP contribution in [0.4, 0.5) is 5.69 Å². The third-order valence-electron chi connectivity index (χ3n) is 4.76. The third-order valence-corrected chi connectivity index (χ3v) is 5.82. The number of amidine groups is 1. The summed E-state index contributed by atoms with van der Waals surface area (Å²) < 4.78 is 5.99. The Bertz CT molecular complexity index is 1220. The van der Waals surface area contributed by atoms with Gasteiger partial charge >= 0.3 is 5.97 Å². The van der Waals surface area contributed by atoms with Crippen LogP contribution in [-0.4, -0.2) is 34.1 Å². The summed E-state index contributed by atoms with van der Waals surface area (Å²) in [5.41, 5.74) is 2.46. The Morgan fingerprint density at radius 3 is 2.59 bits per heavy atom. The van der Waals surface area contributed by atoms with Crippen molar-refractivity contribution in [1.29, 1.82) is 0 Å². The Labute approximate surface area is 189 Å². The Kier molecular flexibility index (Phi) is 6.37. The van der Waals surface area contributed by atoms with Crippen LogP contribution in [0.3, 0.4) is 0 Å². The van der Waals surface area contributed by atoms with Crippen LogP contribution < -0.4 is 4.74 Å². The molecule has 1 aliphatic rings. The van der Waals surface area contributed by atoms with E-state index in [2.05, 4.69) is 4.99 Å². The minimum atomic E-state index is -1.02. The summed E-state index contributed by atoms with van der Waals surface area (Å²) in [5.74, 6) is -0.524. The van der Waals surface area contributed by atoms with Crippen molar-refractivity contribution in [3.05, 3.63) is 100 Å². The van der Waals surface area contributed by atoms with Crippen LogP contribution in [-0.2, 0) is 11.4 Å². The number of thioether (sulfide) groups is 1. The first-order valence-corrected chi connectivity index (χ1v) is 10.7. The molecule has 1 aliphatic heterocycles. The Morgan fingerprint density at radius 1 is 1.06 bits per heavy atom. The minimum Gasteiger partial charge on any atom is -0.488 e. The van der Waals surface area contributed by atoms with Gasteiger partial charge in [-0.25, -0.2) is 9.79 Å². The summed E-state index contributed by atoms with van der Waals surface area (Å²) in [5, 5.41) is 9.65. The zero-order valence-corrected chi connectivity index (χ0v) is 18.1. The molecule has 3 aromatic rings. The number of aliphatic imine (C=N–C) groups is 1. The molecule has 6 nitrogen and oxygen atoms in total. The Morgan fingerprint density at radius 2 is 1.81 bits per heavy atom. The summed E-state index contributed by atoms with van der Waals surface area (Å²) in [6.45, 7) is 0.425. The average Bonchev–Trinajstić information content (AvgIpc) is 3.07. The van der Waals surface area contributed by atoms with Crippen molar-refractivity contribution in [3.63, 3.8) is 0 Å². The fourth-order valence-corrected chi connectivity index (χ4v) is 4.06. The number of carboxylic acids is 1. The lowest BCUT2D eigenvalue weighted by Gasteiger charge is -2.09. The lowest BCUT2D eigenvalue weighted by molar-refractivity contribution is -0.121. The van der Waals surface area contributed by atoms with Gasteiger partial charge in [0.2, 0.25) is 0 Å². The molecule has 1 fully saturated rings. The number of ether oxygens (including phenoxy) is 1. The predicted molar refractivity (Wildman–Crippen MR) is 126 cm³/mol. The van der Waals surface area contributed by atoms with Crippen molar-refractivity contribution < 1.29 is 19.4 Å². The number of carboxylic acid groups (broad SMARTS) is 1. The van der Waals surface area contributed by atoms with Gasteiger partial charge in [0.15, 0.2) is 5.17 Å². The van der Waals surface area contributed by atoms with Crippen molar-refractivity contribution in [2.45, 2.75) is 6.61 Å². The maximum atomic E-state index is 12.8. The fraction of sp³-hybridized carbons (Fsp3) is 0.0800. The van der Waals surface area contributed by atoms with Crippen LogP contribution in [0.5, 0.6) is 5.75 Å². The number of rotatable bonds is 6. The highest BCUT2D eigenvalue weighted by molar-refractivity contribution is 8.18. The largest absolute Gasteiger partial charge is 0.488 e. The summed E-state index contributed by atoms with van der Waals surface area (Å²) in [6.07, 6.45) is 1.79. The molecule has 0 saturated carbocycles. The van der Waals surface area contributed by atoms with Crippen molar-refractivity contribution in [3.8, 4) is 5.75 Å². The molecule has 0 unspecified atom stereocenters. The number of carbonyl (C=O) groups excluding carboxylic acids is 1. The lowest BCUT2D eigenvalue weighted by atomic mass is 10.2. The molecule has 0 spiro atoms. The van der Waals surface area contributed by atoms with Crippen LogP contribution in [0.25, 0.3) is 6.08 Å². The van der Waals surface area contributed by atoms with E-state index in [4.69, 9.17) is 4.74 Å². The van der Waals surface area contributed by atoms with Gasteiger partial charge < -0.3 is 9.84 Å². The topological polar surface area (TPSA) is 79.2 Å². The van der Waals surface area contributed by atoms with Gasteiger partial charge in [-0.1, -0.05) is 54.6 Å². The van der Waals surface area contributed by atoms with Crippen molar-refractivity contribution in [1.82, 2.24) is 4.90 Å². The Hall–Kier alpha value is -3.84. The zero-order valence-electron chi connectivity index (χ0n) is 17.3. The van der Waals surface area contributed by atoms with Crippen molar-refractivity contribution in [2.75, 3.05) is 7.05 Å². The van der Waals surface area contributed by atoms with Gasteiger partial charge in [0.1, 0.15) is 12.4 Å². The summed E-state index contributed by atoms with van der Waals surface area (Å²) in [4.78, 5) is 30.4. The second-order valence-corrected chi connectivity index (χ2v) is 8.05. The highest BCUT2D eigenvalue weighted by Gasteiger charge is 2.30. The van der Waals surface area contributed by atoms with Gasteiger partial charge in [-0.2, -0.15) is 0 Å². The van der Waals surface area contributed by atoms with Gasteiger partial charge in [0, 0.05) is 12.6 Å². The maximum Gasteiger partial charge on any atom is 0.335 e. The third kappa shape index (κ3) is 4.90. The van der Waals surface area contributed by atoms with Gasteiger partial charge in [-0.15, -0.1) is 0 Å². The van der Waals surface area contributed by atoms with E-state index in [1.54, 1.807) is 25.3 Å². The highest BCUT2D eigenvalue weighted by atomic mass is 32.2. The molecule has 3 aromatic carbocycles. The molecule has 1 saturated heterocycles. The van der Waals surface area contributed by atoms with E-state index < -0.39 is 5.97 Å². The molecular weight excluding hydrogens is 424 g/mol. The first-order valence-electron chi connectivity index (χ1n) is 9.86. The number of hydrogen-bond acceptors (Lipinski definition) is 5. The number of nitrogens with zero attached hydrogens (tertiary/aromatic N) is 2. The first kappa shape index (κ1) is 21.4. The lowest BCUT2D eigenvalue weighted by Crippen LogP contribution is -2.23. The second-order valence-electron chi connectivity index (χ2n) is 7.04. The molecule has 0 aromatic heterocycles. The van der Waals surface area contributed by atoms with Crippen LogP contribution in [0.2, 0.25) is 0 Å². The SMILES string of the molecule is CN1C(=O)/C(=C/c2ccccc2OCc2ccccc2)SC1=Nc1cccc(C(=O)O)c1. The van der Waals surface area contributed by atoms with E-state index in [-0.39, 0.29) is 11.5 Å². The number of carbonyl (C=O) groups is 2. The molecule has 7 heteroatoms. The van der Waals surface area contributed by atoms with Crippen LogP contribution in [0.15, 0.2) is 88.8 Å². The molecule has 0 atom stereocenters. The molecule has 0 bridgehead atoms. The predicted octanol–water partition coefficient (Wildman–Crippen LogP) is 5.20. The van der Waals surface area contributed by atoms with E-state index in [0.29, 0.717) is 28.1 Å². The number of benzene rings is 3. The van der Waals surface area contributed by atoms with Gasteiger partial charge in [-0.05, 0) is 47.7 Å². The molecule has 160 valence electrons. The number of aromatic carboxylic acids is 1. The summed E-state index contributed by atoms with van der Waals surface area (Å²) in [6, 6.07) is 23.7. The Balaban J connectivity index is 1.57. The van der Waals surface area contributed by atoms with E-state index in [9.17, 15) is 14.7 Å². The normalized spacial score (nSPS) is 16.0. The number of amides is 1. The van der Waals surface area contributed by atoms with E-state index in [1.165, 1.54) is 28.8 Å². The van der Waals surface area contributed by atoms with E-state index >= 15 is 0 Å². The smallest absolute Gasteiger partial charge is 0.335 e. The van der Waals surface area contributed by atoms with E-state index in [1.807, 2.05) is 54.6 Å². The number of para-hydroxylation sites is 1. The molecule has 1 heterocycles. The molecule has 4 rings (SSSR count). The number of hydrogen-bond donors (Lipinski definition) is 1. The highest BCUT2D eigenvalue weighted by Crippen LogP contribution is 2.35. The first-order chi connectivity index (χ1) is 15.5. The monoisotopic (exact) mass is 444 g/mol. The fourth-order valence-electron chi connectivity index (χ4n) is 3.08. The summed E-state index contributed by atoms with van der Waals surface area (Å²) in [7, 11) is 1.65. The zero-order chi connectivity index (χ0) is 22.5. The van der Waals surface area contributed by atoms with Crippen LogP contribution >= 0.6 is 11.8 Å². The van der Waals surface area contributed by atoms with Crippen LogP contribution in [0.1, 0.15) is 21.5 Å². The minimum absolute atomic E-state index is 0.143. The maximum absolute atomic E-state index is 12.8. The van der Waals surface area contributed by atoms with Crippen molar-refractivity contribution >= 4 is 40.6 Å².